The van der Waals surface area contributed by atoms with Crippen LogP contribution in [-0.2, 0) is 0 Å². The zero-order valence-corrected chi connectivity index (χ0v) is 13.6. The predicted octanol–water partition coefficient (Wildman–Crippen LogP) is 2.56. The number of aromatic nitrogens is 2. The smallest absolute Gasteiger partial charge is 0.278 e. The van der Waals surface area contributed by atoms with Gasteiger partial charge in [0.05, 0.1) is 6.54 Å². The molecule has 0 saturated heterocycles. The van der Waals surface area contributed by atoms with Gasteiger partial charge in [-0.05, 0) is 47.5 Å². The summed E-state index contributed by atoms with van der Waals surface area (Å²) < 4.78 is 9.89. The van der Waals surface area contributed by atoms with E-state index < -0.39 is 0 Å². The van der Waals surface area contributed by atoms with Crippen molar-refractivity contribution in [3.63, 3.8) is 0 Å². The van der Waals surface area contributed by atoms with Crippen molar-refractivity contribution in [1.82, 2.24) is 15.6 Å². The number of rotatable bonds is 6. The molecule has 25 heavy (non-hydrogen) atoms. The number of phenolic OH excluding ortho intramolecular Hbond substituents is 1. The van der Waals surface area contributed by atoms with Crippen LogP contribution in [0.25, 0.3) is 11.1 Å². The molecule has 0 bridgehead atoms. The maximum Gasteiger partial charge on any atom is 0.278 e. The first kappa shape index (κ1) is 16.5. The second kappa shape index (κ2) is 7.48. The van der Waals surface area contributed by atoms with Crippen LogP contribution in [-0.4, -0.2) is 34.5 Å². The first-order valence-corrected chi connectivity index (χ1v) is 7.73. The van der Waals surface area contributed by atoms with E-state index >= 15 is 0 Å². The number of amides is 1. The van der Waals surface area contributed by atoms with E-state index in [4.69, 9.17) is 4.74 Å². The topological polar surface area (TPSA) is 97.5 Å². The van der Waals surface area contributed by atoms with Crippen molar-refractivity contribution in [3.8, 4) is 22.8 Å². The number of nitrogens with zero attached hydrogens (tertiary/aromatic N) is 2. The number of phenols is 1. The highest BCUT2D eigenvalue weighted by atomic mass is 16.6. The van der Waals surface area contributed by atoms with E-state index in [-0.39, 0.29) is 18.3 Å². The third-order valence-corrected chi connectivity index (χ3v) is 3.56. The van der Waals surface area contributed by atoms with E-state index in [9.17, 15) is 9.90 Å². The van der Waals surface area contributed by atoms with Gasteiger partial charge in [-0.15, -0.1) is 0 Å². The molecule has 1 heterocycles. The minimum atomic E-state index is -0.195. The van der Waals surface area contributed by atoms with Crippen molar-refractivity contribution in [2.45, 2.75) is 6.92 Å². The lowest BCUT2D eigenvalue weighted by atomic mass is 10.0. The summed E-state index contributed by atoms with van der Waals surface area (Å²) in [4.78, 5) is 12.3. The molecule has 3 rings (SSSR count). The van der Waals surface area contributed by atoms with E-state index in [1.165, 1.54) is 0 Å². The molecule has 128 valence electrons. The molecule has 0 atom stereocenters. The number of hydrogen-bond acceptors (Lipinski definition) is 6. The van der Waals surface area contributed by atoms with Gasteiger partial charge in [0.1, 0.15) is 18.1 Å². The molecule has 7 nitrogen and oxygen atoms in total. The molecule has 0 saturated carbocycles. The van der Waals surface area contributed by atoms with Gasteiger partial charge in [-0.3, -0.25) is 4.79 Å². The molecule has 3 aromatic rings. The summed E-state index contributed by atoms with van der Waals surface area (Å²) >= 11 is 0. The van der Waals surface area contributed by atoms with Crippen molar-refractivity contribution in [3.05, 3.63) is 59.8 Å². The number of aryl methyl sites for hydroxylation is 1. The standard InChI is InChI=1S/C18H17N3O4/c1-12-18(21-25-20-12)24-10-9-19-17(23)15-4-2-3-14(11-15)13-5-7-16(22)8-6-13/h2-8,11,22H,9-10H2,1H3,(H,19,23). The van der Waals surface area contributed by atoms with Crippen LogP contribution in [0.3, 0.4) is 0 Å². The third kappa shape index (κ3) is 4.14. The summed E-state index contributed by atoms with van der Waals surface area (Å²) in [7, 11) is 0. The molecule has 0 spiro atoms. The number of ether oxygens (including phenoxy) is 1. The van der Waals surface area contributed by atoms with E-state index in [0.29, 0.717) is 23.7 Å². The molecule has 1 amide bonds. The van der Waals surface area contributed by atoms with Gasteiger partial charge < -0.3 is 15.2 Å². The highest BCUT2D eigenvalue weighted by molar-refractivity contribution is 5.95. The second-order valence-corrected chi connectivity index (χ2v) is 5.39. The van der Waals surface area contributed by atoms with Gasteiger partial charge in [0.2, 0.25) is 0 Å². The van der Waals surface area contributed by atoms with Crippen molar-refractivity contribution in [1.29, 1.82) is 0 Å². The number of nitrogens with one attached hydrogen (secondary N) is 1. The first-order chi connectivity index (χ1) is 12.1. The van der Waals surface area contributed by atoms with Crippen molar-refractivity contribution in [2.75, 3.05) is 13.2 Å². The first-order valence-electron chi connectivity index (χ1n) is 7.73. The molecule has 0 aliphatic carbocycles. The zero-order valence-electron chi connectivity index (χ0n) is 13.6. The van der Waals surface area contributed by atoms with Crippen LogP contribution in [0.2, 0.25) is 0 Å². The Kier molecular flexibility index (Phi) is 4.94. The van der Waals surface area contributed by atoms with Crippen LogP contribution in [0.1, 0.15) is 16.1 Å². The monoisotopic (exact) mass is 339 g/mol. The summed E-state index contributed by atoms with van der Waals surface area (Å²) in [6.07, 6.45) is 0. The van der Waals surface area contributed by atoms with Gasteiger partial charge in [-0.2, -0.15) is 0 Å². The van der Waals surface area contributed by atoms with Gasteiger partial charge in [0.15, 0.2) is 0 Å². The van der Waals surface area contributed by atoms with Gasteiger partial charge in [0.25, 0.3) is 11.8 Å². The summed E-state index contributed by atoms with van der Waals surface area (Å²) in [6.45, 7) is 2.31. The number of benzene rings is 2. The molecular weight excluding hydrogens is 322 g/mol. The molecule has 0 unspecified atom stereocenters. The van der Waals surface area contributed by atoms with E-state index in [0.717, 1.165) is 11.1 Å². The Labute approximate surface area is 144 Å². The molecule has 0 radical (unpaired) electrons. The minimum Gasteiger partial charge on any atom is -0.508 e. The summed E-state index contributed by atoms with van der Waals surface area (Å²) in [5, 5.41) is 19.4. The molecule has 0 aliphatic rings. The summed E-state index contributed by atoms with van der Waals surface area (Å²) in [6, 6.07) is 14.1. The van der Waals surface area contributed by atoms with Crippen LogP contribution in [0.15, 0.2) is 53.2 Å². The average Bonchev–Trinajstić information content (AvgIpc) is 3.04. The van der Waals surface area contributed by atoms with Gasteiger partial charge in [-0.1, -0.05) is 29.4 Å². The Balaban J connectivity index is 1.58. The Bertz CT molecular complexity index is 859. The summed E-state index contributed by atoms with van der Waals surface area (Å²) in [5.74, 6) is 0.331. The fourth-order valence-corrected chi connectivity index (χ4v) is 2.26. The van der Waals surface area contributed by atoms with Crippen LogP contribution in [0.4, 0.5) is 0 Å². The average molecular weight is 339 g/mol. The Morgan fingerprint density at radius 1 is 1.16 bits per heavy atom. The fourth-order valence-electron chi connectivity index (χ4n) is 2.26. The molecule has 7 heteroatoms. The van der Waals surface area contributed by atoms with E-state index in [2.05, 4.69) is 20.3 Å². The van der Waals surface area contributed by atoms with Gasteiger partial charge in [0, 0.05) is 5.56 Å². The van der Waals surface area contributed by atoms with Crippen molar-refractivity contribution in [2.24, 2.45) is 0 Å². The SMILES string of the molecule is Cc1nonc1OCCNC(=O)c1cccc(-c2ccc(O)cc2)c1. The maximum atomic E-state index is 12.3. The molecule has 0 fully saturated rings. The Hall–Kier alpha value is -3.35. The molecule has 1 aromatic heterocycles. The Morgan fingerprint density at radius 2 is 1.96 bits per heavy atom. The molecule has 2 N–H and O–H groups in total. The largest absolute Gasteiger partial charge is 0.508 e. The third-order valence-electron chi connectivity index (χ3n) is 3.56. The van der Waals surface area contributed by atoms with E-state index in [1.807, 2.05) is 12.1 Å². The van der Waals surface area contributed by atoms with Crippen LogP contribution in [0, 0.1) is 6.92 Å². The second-order valence-electron chi connectivity index (χ2n) is 5.39. The van der Waals surface area contributed by atoms with Gasteiger partial charge in [-0.25, -0.2) is 4.63 Å². The lowest BCUT2D eigenvalue weighted by molar-refractivity contribution is 0.0946. The fraction of sp³-hybridized carbons (Fsp3) is 0.167. The number of aromatic hydroxyl groups is 1. The number of carbonyl (C=O) groups is 1. The van der Waals surface area contributed by atoms with Crippen molar-refractivity contribution >= 4 is 5.91 Å². The minimum absolute atomic E-state index is 0.195. The quantitative estimate of drug-likeness (QED) is 0.670. The Morgan fingerprint density at radius 3 is 2.68 bits per heavy atom. The molecule has 0 aliphatic heterocycles. The number of carbonyl (C=O) groups excluding carboxylic acids is 1. The number of hydrogen-bond donors (Lipinski definition) is 2. The zero-order chi connectivity index (χ0) is 17.6. The van der Waals surface area contributed by atoms with Crippen LogP contribution >= 0.6 is 0 Å². The maximum absolute atomic E-state index is 12.3. The predicted molar refractivity (Wildman–Crippen MR) is 90.4 cm³/mol. The normalized spacial score (nSPS) is 10.4. The summed E-state index contributed by atoms with van der Waals surface area (Å²) in [5.41, 5.74) is 2.93. The highest BCUT2D eigenvalue weighted by Crippen LogP contribution is 2.22. The van der Waals surface area contributed by atoms with Crippen molar-refractivity contribution < 1.29 is 19.3 Å². The van der Waals surface area contributed by atoms with E-state index in [1.54, 1.807) is 43.3 Å². The highest BCUT2D eigenvalue weighted by Gasteiger charge is 2.08. The lowest BCUT2D eigenvalue weighted by Gasteiger charge is -2.08. The van der Waals surface area contributed by atoms with Crippen LogP contribution in [0.5, 0.6) is 11.6 Å². The molecular formula is C18H17N3O4. The lowest BCUT2D eigenvalue weighted by Crippen LogP contribution is -2.28. The van der Waals surface area contributed by atoms with Crippen LogP contribution < -0.4 is 10.1 Å². The van der Waals surface area contributed by atoms with Gasteiger partial charge >= 0.3 is 0 Å². The molecule has 2 aromatic carbocycles.